The zero-order valence-corrected chi connectivity index (χ0v) is 17.6. The minimum Gasteiger partial charge on any atom is -0.508 e. The smallest absolute Gasteiger partial charge is 0.340 e. The predicted octanol–water partition coefficient (Wildman–Crippen LogP) is 4.49. The van der Waals surface area contributed by atoms with Crippen LogP contribution in [0.15, 0.2) is 42.5 Å². The molecule has 3 N–H and O–H groups in total. The second-order valence-corrected chi connectivity index (χ2v) is 7.91. The molecule has 0 amide bonds. The Morgan fingerprint density at radius 2 is 1.32 bits per heavy atom. The lowest BCUT2D eigenvalue weighted by atomic mass is 9.72. The second-order valence-electron chi connectivity index (χ2n) is 7.91. The summed E-state index contributed by atoms with van der Waals surface area (Å²) < 4.78 is 6.09. The number of aromatic hydroxyl groups is 2. The Kier molecular flexibility index (Phi) is 4.54. The number of carbonyl (C=O) groups is 2. The number of fused-ring (bicyclic) bond motifs is 1. The van der Waals surface area contributed by atoms with Crippen molar-refractivity contribution in [1.29, 1.82) is 0 Å². The summed E-state index contributed by atoms with van der Waals surface area (Å²) in [5.74, 6) is -1.88. The van der Waals surface area contributed by atoms with Crippen molar-refractivity contribution in [3.05, 3.63) is 92.5 Å². The fourth-order valence-corrected chi connectivity index (χ4v) is 4.76. The quantitative estimate of drug-likeness (QED) is 0.542. The van der Waals surface area contributed by atoms with E-state index < -0.39 is 17.5 Å². The van der Waals surface area contributed by atoms with Gasteiger partial charge in [0, 0.05) is 16.7 Å². The molecular formula is C25H22O6. The zero-order chi connectivity index (χ0) is 22.7. The average molecular weight is 418 g/mol. The molecule has 1 heterocycles. The fraction of sp³-hybridized carbons (Fsp3) is 0.200. The number of benzene rings is 3. The second kappa shape index (κ2) is 6.87. The number of phenolic OH excluding ortho intramolecular Hbond substituents is 2. The fourth-order valence-electron chi connectivity index (χ4n) is 4.76. The van der Waals surface area contributed by atoms with Gasteiger partial charge < -0.3 is 20.1 Å². The number of carboxylic acids is 1. The molecule has 3 aromatic carbocycles. The highest BCUT2D eigenvalue weighted by Gasteiger charge is 2.54. The first-order valence-electron chi connectivity index (χ1n) is 9.80. The van der Waals surface area contributed by atoms with Crippen molar-refractivity contribution in [2.45, 2.75) is 33.3 Å². The van der Waals surface area contributed by atoms with Crippen molar-refractivity contribution in [2.75, 3.05) is 0 Å². The summed E-state index contributed by atoms with van der Waals surface area (Å²) >= 11 is 0. The summed E-state index contributed by atoms with van der Waals surface area (Å²) in [6, 6.07) is 11.0. The van der Waals surface area contributed by atoms with Gasteiger partial charge in [0.1, 0.15) is 11.5 Å². The van der Waals surface area contributed by atoms with Crippen molar-refractivity contribution >= 4 is 11.9 Å². The van der Waals surface area contributed by atoms with Gasteiger partial charge in [-0.1, -0.05) is 18.2 Å². The van der Waals surface area contributed by atoms with Crippen molar-refractivity contribution in [3.8, 4) is 11.5 Å². The van der Waals surface area contributed by atoms with Crippen LogP contribution in [0.1, 0.15) is 59.7 Å². The third-order valence-electron chi connectivity index (χ3n) is 6.11. The topological polar surface area (TPSA) is 104 Å². The Morgan fingerprint density at radius 1 is 0.806 bits per heavy atom. The number of esters is 1. The number of carboxylic acid groups (broad SMARTS) is 1. The first-order valence-corrected chi connectivity index (χ1v) is 9.80. The highest BCUT2D eigenvalue weighted by molar-refractivity contribution is 6.02. The van der Waals surface area contributed by atoms with Gasteiger partial charge in [0.25, 0.3) is 0 Å². The molecule has 1 aliphatic rings. The molecule has 6 heteroatoms. The van der Waals surface area contributed by atoms with E-state index in [9.17, 15) is 24.9 Å². The lowest BCUT2D eigenvalue weighted by Gasteiger charge is -2.36. The summed E-state index contributed by atoms with van der Waals surface area (Å²) in [7, 11) is 0. The van der Waals surface area contributed by atoms with E-state index in [4.69, 9.17) is 4.74 Å². The molecule has 0 aliphatic carbocycles. The molecule has 0 atom stereocenters. The number of aryl methyl sites for hydroxylation is 2. The third kappa shape index (κ3) is 2.71. The van der Waals surface area contributed by atoms with Crippen LogP contribution in [0.4, 0.5) is 0 Å². The lowest BCUT2D eigenvalue weighted by Crippen LogP contribution is -2.34. The molecule has 0 aromatic heterocycles. The van der Waals surface area contributed by atoms with E-state index in [1.54, 1.807) is 38.1 Å². The van der Waals surface area contributed by atoms with E-state index in [1.807, 2.05) is 13.8 Å². The van der Waals surface area contributed by atoms with Crippen LogP contribution in [0, 0.1) is 27.7 Å². The molecule has 0 saturated heterocycles. The Balaban J connectivity index is 2.31. The number of aromatic carboxylic acids is 1. The number of hydrogen-bond donors (Lipinski definition) is 3. The number of rotatable bonds is 3. The van der Waals surface area contributed by atoms with Crippen LogP contribution in [0.3, 0.4) is 0 Å². The van der Waals surface area contributed by atoms with Crippen LogP contribution in [-0.2, 0) is 10.3 Å². The first kappa shape index (κ1) is 20.5. The Bertz CT molecular complexity index is 1210. The monoisotopic (exact) mass is 418 g/mol. The minimum absolute atomic E-state index is 0.00672. The number of ether oxygens (including phenoxy) is 1. The van der Waals surface area contributed by atoms with Crippen LogP contribution in [-0.4, -0.2) is 27.3 Å². The Morgan fingerprint density at radius 3 is 1.81 bits per heavy atom. The maximum Gasteiger partial charge on any atom is 0.340 e. The standard InChI is InChI=1S/C25H22O6/c1-12-8-10-18(26)14(3)20(12)25(21-13(2)9-11-19(27)15(21)4)22-16(23(28)29)6-5-7-17(22)24(30)31-25/h5-11,26-27H,1-4H3,(H,28,29). The molecule has 6 nitrogen and oxygen atoms in total. The normalized spacial score (nSPS) is 14.3. The van der Waals surface area contributed by atoms with Gasteiger partial charge in [-0.3, -0.25) is 0 Å². The van der Waals surface area contributed by atoms with E-state index >= 15 is 0 Å². The largest absolute Gasteiger partial charge is 0.508 e. The summed E-state index contributed by atoms with van der Waals surface area (Å²) in [5.41, 5.74) is 1.90. The van der Waals surface area contributed by atoms with Gasteiger partial charge in [-0.2, -0.15) is 0 Å². The molecule has 1 aliphatic heterocycles. The molecule has 31 heavy (non-hydrogen) atoms. The molecule has 0 spiro atoms. The number of phenols is 2. The highest BCUT2D eigenvalue weighted by atomic mass is 16.6. The Labute approximate surface area is 179 Å². The Hall–Kier alpha value is -3.80. The molecule has 158 valence electrons. The molecule has 0 fully saturated rings. The zero-order valence-electron chi connectivity index (χ0n) is 17.6. The number of carbonyl (C=O) groups excluding carboxylic acids is 1. The van der Waals surface area contributed by atoms with Crippen molar-refractivity contribution in [2.24, 2.45) is 0 Å². The maximum absolute atomic E-state index is 13.1. The first-order chi connectivity index (χ1) is 14.6. The molecule has 0 radical (unpaired) electrons. The van der Waals surface area contributed by atoms with Crippen LogP contribution in [0.2, 0.25) is 0 Å². The van der Waals surface area contributed by atoms with Gasteiger partial charge in [0.15, 0.2) is 5.60 Å². The number of cyclic esters (lactones) is 1. The van der Waals surface area contributed by atoms with E-state index in [0.29, 0.717) is 33.4 Å². The molecule has 0 unspecified atom stereocenters. The van der Waals surface area contributed by atoms with Crippen LogP contribution < -0.4 is 0 Å². The van der Waals surface area contributed by atoms with Crippen molar-refractivity contribution in [3.63, 3.8) is 0 Å². The summed E-state index contributed by atoms with van der Waals surface area (Å²) in [5, 5.41) is 31.0. The summed E-state index contributed by atoms with van der Waals surface area (Å²) in [4.78, 5) is 25.3. The SMILES string of the molecule is Cc1ccc(O)c(C)c1C1(c2c(C)ccc(O)c2C)OC(=O)c2cccc(C(=O)O)c21. The van der Waals surface area contributed by atoms with Crippen molar-refractivity contribution in [1.82, 2.24) is 0 Å². The summed E-state index contributed by atoms with van der Waals surface area (Å²) in [6.07, 6.45) is 0. The van der Waals surface area contributed by atoms with Gasteiger partial charge in [-0.25, -0.2) is 9.59 Å². The van der Waals surface area contributed by atoms with E-state index in [1.165, 1.54) is 18.2 Å². The van der Waals surface area contributed by atoms with E-state index in [2.05, 4.69) is 0 Å². The van der Waals surface area contributed by atoms with Crippen LogP contribution in [0.5, 0.6) is 11.5 Å². The minimum atomic E-state index is -1.65. The predicted molar refractivity (Wildman–Crippen MR) is 114 cm³/mol. The molecular weight excluding hydrogens is 396 g/mol. The van der Waals surface area contributed by atoms with Gasteiger partial charge in [0.2, 0.25) is 0 Å². The van der Waals surface area contributed by atoms with E-state index in [0.717, 1.165) is 0 Å². The van der Waals surface area contributed by atoms with Gasteiger partial charge in [-0.15, -0.1) is 0 Å². The molecule has 4 rings (SSSR count). The average Bonchev–Trinajstić information content (AvgIpc) is 3.01. The lowest BCUT2D eigenvalue weighted by molar-refractivity contribution is 0.0237. The molecule has 3 aromatic rings. The van der Waals surface area contributed by atoms with Crippen LogP contribution in [0.25, 0.3) is 0 Å². The summed E-state index contributed by atoms with van der Waals surface area (Å²) in [6.45, 7) is 7.02. The van der Waals surface area contributed by atoms with Gasteiger partial charge in [-0.05, 0) is 74.2 Å². The maximum atomic E-state index is 13.1. The van der Waals surface area contributed by atoms with E-state index in [-0.39, 0.29) is 28.2 Å². The van der Waals surface area contributed by atoms with Crippen molar-refractivity contribution < 1.29 is 29.6 Å². The third-order valence-corrected chi connectivity index (χ3v) is 6.11. The molecule has 0 saturated carbocycles. The van der Waals surface area contributed by atoms with Crippen LogP contribution >= 0.6 is 0 Å². The van der Waals surface area contributed by atoms with Gasteiger partial charge in [0.05, 0.1) is 11.1 Å². The number of hydrogen-bond acceptors (Lipinski definition) is 5. The van der Waals surface area contributed by atoms with Gasteiger partial charge >= 0.3 is 11.9 Å². The molecule has 0 bridgehead atoms. The highest BCUT2D eigenvalue weighted by Crippen LogP contribution is 2.53.